The lowest BCUT2D eigenvalue weighted by Gasteiger charge is -2.60. The van der Waals surface area contributed by atoms with Crippen LogP contribution in [0, 0.1) is 125 Å². The van der Waals surface area contributed by atoms with E-state index in [4.69, 9.17) is 52.1 Å². The van der Waals surface area contributed by atoms with E-state index in [9.17, 15) is 65.9 Å². The molecule has 0 aromatic carbocycles. The molecule has 147 heavy (non-hydrogen) atoms. The van der Waals surface area contributed by atoms with Gasteiger partial charge in [0.2, 0.25) is 0 Å². The number of likely N-dealkylation sites (N-methyl/N-ethyl adjacent to an activating group) is 5. The van der Waals surface area contributed by atoms with Gasteiger partial charge < -0.3 is 76.6 Å². The molecule has 0 N–H and O–H groups in total. The Kier molecular flexibility index (Phi) is 45.8. The van der Waals surface area contributed by atoms with Crippen molar-refractivity contribution < 1.29 is 118 Å². The highest BCUT2D eigenvalue weighted by molar-refractivity contribution is 5.84. The molecule has 848 valence electrons. The molecule has 0 saturated heterocycles. The summed E-state index contributed by atoms with van der Waals surface area (Å²) in [5, 5.41) is 0. The van der Waals surface area contributed by atoms with Gasteiger partial charge in [-0.3, -0.25) is 47.9 Å². The maximum absolute atomic E-state index is 13.6. The van der Waals surface area contributed by atoms with Crippen molar-refractivity contribution in [3.8, 4) is 0 Å². The first kappa shape index (κ1) is 128. The minimum absolute atomic E-state index is 0.0349. The lowest BCUT2D eigenvalue weighted by Crippen LogP contribution is -2.63. The van der Waals surface area contributed by atoms with Crippen LogP contribution < -0.4 is 0 Å². The van der Waals surface area contributed by atoms with Crippen molar-refractivity contribution in [1.82, 2.24) is 24.5 Å². The lowest BCUT2D eigenvalue weighted by molar-refractivity contribution is -0.254. The van der Waals surface area contributed by atoms with Gasteiger partial charge in [-0.05, 0) is 444 Å². The molecule has 0 radical (unpaired) electrons. The van der Waals surface area contributed by atoms with Crippen LogP contribution in [-0.4, -0.2) is 268 Å². The van der Waals surface area contributed by atoms with Gasteiger partial charge in [0.25, 0.3) is 0 Å². The van der Waals surface area contributed by atoms with E-state index in [-0.39, 0.29) is 109 Å². The van der Waals surface area contributed by atoms with Crippen molar-refractivity contribution in [2.45, 2.75) is 419 Å². The van der Waals surface area contributed by atoms with E-state index in [1.165, 1.54) is 64.2 Å². The van der Waals surface area contributed by atoms with Gasteiger partial charge in [0.1, 0.15) is 68.7 Å². The van der Waals surface area contributed by atoms with E-state index in [1.54, 1.807) is 20.8 Å². The van der Waals surface area contributed by atoms with Crippen LogP contribution in [0.25, 0.3) is 0 Å². The number of halogens is 3. The summed E-state index contributed by atoms with van der Waals surface area (Å²) in [6, 6.07) is 0. The number of carbonyl (C=O) groups is 11. The van der Waals surface area contributed by atoms with Crippen molar-refractivity contribution >= 4 is 65.7 Å². The van der Waals surface area contributed by atoms with Crippen LogP contribution in [0.5, 0.6) is 0 Å². The first-order valence-corrected chi connectivity index (χ1v) is 56.3. The molecule has 13 fully saturated rings. The third kappa shape index (κ3) is 36.2. The summed E-state index contributed by atoms with van der Waals surface area (Å²) in [6.45, 7) is 49.6. The third-order valence-electron chi connectivity index (χ3n) is 35.4. The van der Waals surface area contributed by atoms with Crippen molar-refractivity contribution in [2.75, 3.05) is 136 Å². The number of fused-ring (bicyclic) bond motifs is 5. The molecule has 0 amide bonds. The van der Waals surface area contributed by atoms with Gasteiger partial charge in [-0.1, -0.05) is 68.2 Å². The number of carbonyl (C=O) groups excluding carboxylic acids is 11. The Morgan fingerprint density at radius 2 is 0.605 bits per heavy atom. The minimum atomic E-state index is -5.07. The molecule has 0 heterocycles. The zero-order chi connectivity index (χ0) is 111. The number of esters is 11. The van der Waals surface area contributed by atoms with Crippen molar-refractivity contribution in [3.05, 3.63) is 0 Å². The van der Waals surface area contributed by atoms with Crippen LogP contribution in [0.15, 0.2) is 0 Å². The van der Waals surface area contributed by atoms with Crippen LogP contribution in [0.1, 0.15) is 378 Å². The molecule has 13 aliphatic carbocycles. The molecular weight excluding hydrogens is 1880 g/mol. The fraction of sp³-hybridized carbons (Fsp3) is 0.906. The maximum Gasteiger partial charge on any atom is 0.490 e. The number of alkyl halides is 3. The summed E-state index contributed by atoms with van der Waals surface area (Å²) >= 11 is 0. The Hall–Kier alpha value is -6.24. The SMILES string of the molecule is CCC(C)(CC(C)(C)C(=O)OCCN(C)C)C(=O)OC12CC3CC(CC(OC(=O)C(F)(F)F)(C3)C1)C2.CCC(C)(CC(C)(C)C(=O)OCCN(C)C)C(=O)OC1C2CC3CC(C2)CC1C3.CCC(C)(CC(C)(C)C(=O)OCCN(C)C)C(=O)OC1CC(C)CC(C)(C)C1.CCC(C)(CC(C)(C)C(=O)OCCN(C)C)C(=O)OC1CC2CC1C1CCCC21.CCC(C)(CC(C)(C)C(=O)OCCN(C)C)C(=O)OC1CCCCC1. The highest BCUT2D eigenvalue weighted by Gasteiger charge is 2.65. The average molecular weight is 2090 g/mol. The molecule has 0 aromatic heterocycles. The quantitative estimate of drug-likeness (QED) is 0.0404. The number of hydrogen-bond donors (Lipinski definition) is 0. The summed E-state index contributed by atoms with van der Waals surface area (Å²) < 4.78 is 102. The van der Waals surface area contributed by atoms with Gasteiger partial charge in [-0.25, -0.2) is 4.79 Å². The van der Waals surface area contributed by atoms with E-state index in [2.05, 4.69) is 20.8 Å². The molecule has 13 saturated carbocycles. The van der Waals surface area contributed by atoms with Crippen molar-refractivity contribution in [2.24, 2.45) is 125 Å². The number of ether oxygens (including phenoxy) is 11. The van der Waals surface area contributed by atoms with E-state index >= 15 is 0 Å². The Morgan fingerprint density at radius 1 is 0.299 bits per heavy atom. The van der Waals surface area contributed by atoms with Gasteiger partial charge in [0, 0.05) is 39.1 Å². The number of hydrogen-bond acceptors (Lipinski definition) is 27. The molecule has 0 spiro atoms. The fourth-order valence-corrected chi connectivity index (χ4v) is 27.3. The van der Waals surface area contributed by atoms with Gasteiger partial charge in [-0.15, -0.1) is 0 Å². The van der Waals surface area contributed by atoms with Crippen LogP contribution in [-0.2, 0) is 105 Å². The average Bonchev–Trinajstić information content (AvgIpc) is 1.44. The molecule has 10 bridgehead atoms. The fourth-order valence-electron chi connectivity index (χ4n) is 27.3. The topological polar surface area (TPSA) is 306 Å². The van der Waals surface area contributed by atoms with E-state index in [0.29, 0.717) is 166 Å². The molecule has 0 aliphatic heterocycles. The minimum Gasteiger partial charge on any atom is -0.464 e. The molecule has 30 heteroatoms. The summed E-state index contributed by atoms with van der Waals surface area (Å²) in [6.07, 6.45) is 23.9. The Bertz CT molecular complexity index is 4260. The Labute approximate surface area is 883 Å². The molecule has 14 unspecified atom stereocenters. The lowest BCUT2D eigenvalue weighted by atomic mass is 9.52. The molecule has 14 atom stereocenters. The van der Waals surface area contributed by atoms with Gasteiger partial charge >= 0.3 is 71.8 Å². The summed E-state index contributed by atoms with van der Waals surface area (Å²) in [7, 11) is 19.3. The van der Waals surface area contributed by atoms with Crippen molar-refractivity contribution in [3.63, 3.8) is 0 Å². The zero-order valence-corrected chi connectivity index (χ0v) is 97.6. The van der Waals surface area contributed by atoms with Crippen molar-refractivity contribution in [1.29, 1.82) is 0 Å². The summed E-state index contributed by atoms with van der Waals surface area (Å²) in [5.74, 6) is 1.85. The van der Waals surface area contributed by atoms with E-state index in [1.807, 2.05) is 213 Å². The van der Waals surface area contributed by atoms with Crippen LogP contribution in [0.2, 0.25) is 0 Å². The highest BCUT2D eigenvalue weighted by Crippen LogP contribution is 2.63. The standard InChI is InChI=1S/C26H40F3NO6.2C24H41NO4.C23H43NO4.C20H37NO4/c1-7-23(4,15-22(2,3)19(31)34-9-8-30(5)6)20(32)35-24-11-17-10-18(12-24)14-25(13-17,16-24)36-21(33)26(27,28)29;1-7-24(4,15-23(2,3)21(26)28-9-8-25(5)6)22(27)29-20-18-11-16-10-17(13-18)14-19(20)12-16;1-7-24(4,15-23(2,3)21(26)28-12-11-25(5)6)22(27)29-20-14-16-13-19(20)18-10-8-9-17(16)18;1-10-23(7,16-22(5,6)19(25)27-12-11-24(8)9)20(26)28-18-13-17(2)14-21(3,4)15-18;1-7-20(4,18(23)25-16-11-9-8-10-12-16)15-19(2,3)17(22)24-14-13-21(5)6/h17-18H,7-16H2,1-6H3;2*16-20H,7-15H2,1-6H3;17-18H,10-16H2,1-9H3;16H,7-15H2,1-6H3. The molecule has 13 rings (SSSR count). The van der Waals surface area contributed by atoms with Crippen LogP contribution in [0.3, 0.4) is 0 Å². The van der Waals surface area contributed by atoms with Crippen LogP contribution >= 0.6 is 0 Å². The van der Waals surface area contributed by atoms with E-state index < -0.39 is 89.4 Å². The highest BCUT2D eigenvalue weighted by atomic mass is 19.4. The number of rotatable bonds is 46. The normalized spacial score (nSPS) is 28.4. The Balaban J connectivity index is 0.000000250. The summed E-state index contributed by atoms with van der Waals surface area (Å²) in [5.41, 5.74) is -9.56. The largest absolute Gasteiger partial charge is 0.490 e. The monoisotopic (exact) mass is 2090 g/mol. The second-order valence-electron chi connectivity index (χ2n) is 54.2. The molecule has 13 aliphatic rings. The van der Waals surface area contributed by atoms with E-state index in [0.717, 1.165) is 87.4 Å². The molecule has 0 aromatic rings. The smallest absolute Gasteiger partial charge is 0.464 e. The Morgan fingerprint density at radius 3 is 0.932 bits per heavy atom. The molecular formula is C117H202F3N5O22. The first-order valence-electron chi connectivity index (χ1n) is 56.3. The molecule has 27 nitrogen and oxygen atoms in total. The first-order chi connectivity index (χ1) is 67.8. The summed E-state index contributed by atoms with van der Waals surface area (Å²) in [4.78, 5) is 151. The van der Waals surface area contributed by atoms with Gasteiger partial charge in [0.15, 0.2) is 0 Å². The predicted molar refractivity (Wildman–Crippen MR) is 563 cm³/mol. The number of nitrogens with zero attached hydrogens (tertiary/aromatic N) is 5. The zero-order valence-electron chi connectivity index (χ0n) is 97.6. The second-order valence-corrected chi connectivity index (χ2v) is 54.2. The second kappa shape index (κ2) is 52.8. The predicted octanol–water partition coefficient (Wildman–Crippen LogP) is 21.7. The van der Waals surface area contributed by atoms with Gasteiger partial charge in [0.05, 0.1) is 54.1 Å². The van der Waals surface area contributed by atoms with Gasteiger partial charge in [-0.2, -0.15) is 13.2 Å². The van der Waals surface area contributed by atoms with Crippen LogP contribution in [0.4, 0.5) is 13.2 Å². The third-order valence-corrected chi connectivity index (χ3v) is 35.4. The maximum atomic E-state index is 13.6.